The summed E-state index contributed by atoms with van der Waals surface area (Å²) in [5.74, 6) is -1.11. The fraction of sp³-hybridized carbons (Fsp3) is 0.400. The molecule has 21 heavy (non-hydrogen) atoms. The van der Waals surface area contributed by atoms with Gasteiger partial charge in [-0.3, -0.25) is 9.59 Å². The zero-order valence-electron chi connectivity index (χ0n) is 12.1. The molecule has 112 valence electrons. The van der Waals surface area contributed by atoms with E-state index >= 15 is 0 Å². The fourth-order valence-electron chi connectivity index (χ4n) is 2.26. The van der Waals surface area contributed by atoms with Crippen LogP contribution in [0.2, 0.25) is 0 Å². The average Bonchev–Trinajstić information content (AvgIpc) is 2.46. The van der Waals surface area contributed by atoms with Crippen LogP contribution in [0, 0.1) is 0 Å². The highest BCUT2D eigenvalue weighted by molar-refractivity contribution is 5.96. The van der Waals surface area contributed by atoms with E-state index in [9.17, 15) is 14.4 Å². The topological polar surface area (TPSA) is 75.7 Å². The molecule has 0 spiro atoms. The largest absolute Gasteiger partial charge is 0.448 e. The van der Waals surface area contributed by atoms with E-state index in [0.29, 0.717) is 18.5 Å². The zero-order valence-corrected chi connectivity index (χ0v) is 12.1. The summed E-state index contributed by atoms with van der Waals surface area (Å²) < 4.78 is 5.18. The van der Waals surface area contributed by atoms with Crippen molar-refractivity contribution in [2.75, 3.05) is 20.1 Å². The molecule has 6 heteroatoms. The molecule has 1 aliphatic rings. The van der Waals surface area contributed by atoms with E-state index in [2.05, 4.69) is 5.32 Å². The van der Waals surface area contributed by atoms with E-state index in [-0.39, 0.29) is 18.4 Å². The van der Waals surface area contributed by atoms with Crippen LogP contribution in [0.3, 0.4) is 0 Å². The number of nitrogens with zero attached hydrogens (tertiary/aromatic N) is 1. The van der Waals surface area contributed by atoms with Crippen LogP contribution < -0.4 is 5.32 Å². The molecule has 0 aliphatic carbocycles. The Bertz CT molecular complexity index is 571. The Hall–Kier alpha value is -2.37. The summed E-state index contributed by atoms with van der Waals surface area (Å²) in [5, 5.41) is 2.62. The minimum absolute atomic E-state index is 0.0532. The van der Waals surface area contributed by atoms with Crippen molar-refractivity contribution < 1.29 is 19.1 Å². The molecule has 1 N–H and O–H groups in total. The number of esters is 1. The number of carbonyl (C=O) groups is 3. The Morgan fingerprint density at radius 2 is 2.10 bits per heavy atom. The first kappa shape index (κ1) is 15.0. The van der Waals surface area contributed by atoms with Gasteiger partial charge in [-0.15, -0.1) is 0 Å². The number of rotatable bonds is 4. The highest BCUT2D eigenvalue weighted by Gasteiger charge is 2.33. The first-order chi connectivity index (χ1) is 10.0. The SMILES string of the molecule is CCNC(=O)CN(C)C(=O)[C@@H]1Cc2ccccc2C(=O)O1. The van der Waals surface area contributed by atoms with Gasteiger partial charge >= 0.3 is 5.97 Å². The molecule has 0 unspecified atom stereocenters. The summed E-state index contributed by atoms with van der Waals surface area (Å²) in [6.45, 7) is 2.26. The number of hydrogen-bond donors (Lipinski definition) is 1. The van der Waals surface area contributed by atoms with Gasteiger partial charge in [-0.25, -0.2) is 4.79 Å². The first-order valence-electron chi connectivity index (χ1n) is 6.83. The number of likely N-dealkylation sites (N-methyl/N-ethyl adjacent to an activating group) is 2. The highest BCUT2D eigenvalue weighted by atomic mass is 16.5. The summed E-state index contributed by atoms with van der Waals surface area (Å²) in [6.07, 6.45) is -0.535. The van der Waals surface area contributed by atoms with Gasteiger partial charge in [-0.05, 0) is 18.6 Å². The number of amides is 2. The van der Waals surface area contributed by atoms with Gasteiger partial charge in [0.05, 0.1) is 12.1 Å². The lowest BCUT2D eigenvalue weighted by molar-refractivity contribution is -0.142. The van der Waals surface area contributed by atoms with Gasteiger partial charge in [-0.1, -0.05) is 18.2 Å². The molecule has 1 aromatic rings. The number of ether oxygens (including phenoxy) is 1. The van der Waals surface area contributed by atoms with Gasteiger partial charge in [0, 0.05) is 20.0 Å². The molecule has 1 aliphatic heterocycles. The fourth-order valence-corrected chi connectivity index (χ4v) is 2.26. The maximum absolute atomic E-state index is 12.3. The third kappa shape index (κ3) is 3.39. The van der Waals surface area contributed by atoms with Crippen LogP contribution in [-0.2, 0) is 20.7 Å². The van der Waals surface area contributed by atoms with Gasteiger partial charge in [0.25, 0.3) is 5.91 Å². The van der Waals surface area contributed by atoms with Gasteiger partial charge in [-0.2, -0.15) is 0 Å². The highest BCUT2D eigenvalue weighted by Crippen LogP contribution is 2.21. The Labute approximate surface area is 123 Å². The molecular weight excluding hydrogens is 272 g/mol. The summed E-state index contributed by atoms with van der Waals surface area (Å²) in [4.78, 5) is 36.9. The summed E-state index contributed by atoms with van der Waals surface area (Å²) in [7, 11) is 1.52. The summed E-state index contributed by atoms with van der Waals surface area (Å²) >= 11 is 0. The van der Waals surface area contributed by atoms with Crippen LogP contribution in [-0.4, -0.2) is 48.9 Å². The van der Waals surface area contributed by atoms with Crippen LogP contribution in [0.25, 0.3) is 0 Å². The minimum atomic E-state index is -0.869. The van der Waals surface area contributed by atoms with Crippen LogP contribution in [0.1, 0.15) is 22.8 Å². The first-order valence-corrected chi connectivity index (χ1v) is 6.83. The van der Waals surface area contributed by atoms with Gasteiger partial charge in [0.2, 0.25) is 5.91 Å². The van der Waals surface area contributed by atoms with Crippen molar-refractivity contribution in [2.24, 2.45) is 0 Å². The monoisotopic (exact) mass is 290 g/mol. The van der Waals surface area contributed by atoms with Crippen molar-refractivity contribution >= 4 is 17.8 Å². The van der Waals surface area contributed by atoms with Crippen LogP contribution in [0.4, 0.5) is 0 Å². The van der Waals surface area contributed by atoms with Crippen molar-refractivity contribution in [1.82, 2.24) is 10.2 Å². The van der Waals surface area contributed by atoms with Crippen molar-refractivity contribution in [3.63, 3.8) is 0 Å². The summed E-state index contributed by atoms with van der Waals surface area (Å²) in [5.41, 5.74) is 1.28. The molecule has 0 aromatic heterocycles. The lowest BCUT2D eigenvalue weighted by Crippen LogP contribution is -2.46. The molecule has 1 aromatic carbocycles. The quantitative estimate of drug-likeness (QED) is 0.813. The second-order valence-electron chi connectivity index (χ2n) is 4.90. The molecule has 0 saturated heterocycles. The maximum atomic E-state index is 12.3. The Balaban J connectivity index is 2.05. The number of carbonyl (C=O) groups excluding carboxylic acids is 3. The van der Waals surface area contributed by atoms with Crippen LogP contribution in [0.15, 0.2) is 24.3 Å². The van der Waals surface area contributed by atoms with E-state index in [1.54, 1.807) is 25.1 Å². The smallest absolute Gasteiger partial charge is 0.339 e. The lowest BCUT2D eigenvalue weighted by atomic mass is 9.98. The molecule has 0 saturated carbocycles. The average molecular weight is 290 g/mol. The molecule has 6 nitrogen and oxygen atoms in total. The Kier molecular flexibility index (Phi) is 4.57. The van der Waals surface area contributed by atoms with Crippen molar-refractivity contribution in [1.29, 1.82) is 0 Å². The molecule has 0 radical (unpaired) electrons. The van der Waals surface area contributed by atoms with E-state index in [1.165, 1.54) is 11.9 Å². The van der Waals surface area contributed by atoms with Crippen molar-refractivity contribution in [3.05, 3.63) is 35.4 Å². The lowest BCUT2D eigenvalue weighted by Gasteiger charge is -2.27. The molecule has 0 fully saturated rings. The van der Waals surface area contributed by atoms with Crippen molar-refractivity contribution in [2.45, 2.75) is 19.4 Å². The number of fused-ring (bicyclic) bond motifs is 1. The normalized spacial score (nSPS) is 16.7. The maximum Gasteiger partial charge on any atom is 0.339 e. The molecule has 2 rings (SSSR count). The number of nitrogens with one attached hydrogen (secondary N) is 1. The number of benzene rings is 1. The third-order valence-corrected chi connectivity index (χ3v) is 3.30. The molecule has 0 bridgehead atoms. The minimum Gasteiger partial charge on any atom is -0.448 e. The zero-order chi connectivity index (χ0) is 15.4. The Morgan fingerprint density at radius 3 is 2.81 bits per heavy atom. The molecule has 1 atom stereocenters. The van der Waals surface area contributed by atoms with Crippen LogP contribution >= 0.6 is 0 Å². The standard InChI is InChI=1S/C15H18N2O4/c1-3-16-13(18)9-17(2)14(19)12-8-10-6-4-5-7-11(10)15(20)21-12/h4-7,12H,3,8-9H2,1-2H3,(H,16,18)/t12-/m0/s1. The molecule has 2 amide bonds. The van der Waals surface area contributed by atoms with Gasteiger partial charge in [0.1, 0.15) is 0 Å². The summed E-state index contributed by atoms with van der Waals surface area (Å²) in [6, 6.07) is 7.05. The number of hydrogen-bond acceptors (Lipinski definition) is 4. The third-order valence-electron chi connectivity index (χ3n) is 3.30. The van der Waals surface area contributed by atoms with E-state index in [0.717, 1.165) is 5.56 Å². The van der Waals surface area contributed by atoms with Gasteiger partial charge in [0.15, 0.2) is 6.10 Å². The predicted octanol–water partition coefficient (Wildman–Crippen LogP) is 0.363. The number of cyclic esters (lactones) is 1. The second kappa shape index (κ2) is 6.39. The molecule has 1 heterocycles. The van der Waals surface area contributed by atoms with E-state index < -0.39 is 12.1 Å². The second-order valence-corrected chi connectivity index (χ2v) is 4.90. The predicted molar refractivity (Wildman–Crippen MR) is 75.7 cm³/mol. The van der Waals surface area contributed by atoms with E-state index in [1.807, 2.05) is 6.07 Å². The van der Waals surface area contributed by atoms with Crippen LogP contribution in [0.5, 0.6) is 0 Å². The molecular formula is C15H18N2O4. The Morgan fingerprint density at radius 1 is 1.38 bits per heavy atom. The van der Waals surface area contributed by atoms with Gasteiger partial charge < -0.3 is 15.0 Å². The van der Waals surface area contributed by atoms with E-state index in [4.69, 9.17) is 4.74 Å². The van der Waals surface area contributed by atoms with Crippen molar-refractivity contribution in [3.8, 4) is 0 Å².